The number of carbonyl (C=O) groups is 2. The molecule has 0 saturated carbocycles. The molecular formula is C25H30ClN3O3. The van der Waals surface area contributed by atoms with Gasteiger partial charge in [-0.3, -0.25) is 9.59 Å². The molecule has 2 fully saturated rings. The zero-order chi connectivity index (χ0) is 22.5. The highest BCUT2D eigenvalue weighted by Gasteiger charge is 2.23. The van der Waals surface area contributed by atoms with Crippen molar-refractivity contribution in [2.24, 2.45) is 5.92 Å². The number of nitrogens with zero attached hydrogens (tertiary/aromatic N) is 1. The van der Waals surface area contributed by atoms with E-state index >= 15 is 0 Å². The molecule has 2 aliphatic rings. The third-order valence-electron chi connectivity index (χ3n) is 6.26. The summed E-state index contributed by atoms with van der Waals surface area (Å²) in [4.78, 5) is 28.1. The molecule has 0 radical (unpaired) electrons. The molecule has 6 nitrogen and oxygen atoms in total. The van der Waals surface area contributed by atoms with E-state index < -0.39 is 0 Å². The second-order valence-electron chi connectivity index (χ2n) is 8.68. The van der Waals surface area contributed by atoms with Gasteiger partial charge in [-0.1, -0.05) is 30.7 Å². The molecule has 2 heterocycles. The van der Waals surface area contributed by atoms with E-state index in [1.54, 1.807) is 30.3 Å². The number of hydrogen-bond acceptors (Lipinski definition) is 4. The first-order chi connectivity index (χ1) is 15.5. The number of anilines is 2. The Morgan fingerprint density at radius 3 is 2.56 bits per heavy atom. The topological polar surface area (TPSA) is 70.7 Å². The molecule has 0 bridgehead atoms. The van der Waals surface area contributed by atoms with Gasteiger partial charge >= 0.3 is 0 Å². The Bertz CT molecular complexity index is 967. The van der Waals surface area contributed by atoms with Crippen LogP contribution in [-0.2, 0) is 4.74 Å². The van der Waals surface area contributed by atoms with Crippen LogP contribution in [0.4, 0.5) is 11.4 Å². The highest BCUT2D eigenvalue weighted by atomic mass is 35.5. The van der Waals surface area contributed by atoms with Crippen LogP contribution in [0.15, 0.2) is 42.5 Å². The van der Waals surface area contributed by atoms with Crippen LogP contribution in [0.5, 0.6) is 0 Å². The number of ether oxygens (including phenoxy) is 1. The van der Waals surface area contributed by atoms with Crippen LogP contribution in [0.3, 0.4) is 0 Å². The predicted molar refractivity (Wildman–Crippen MR) is 128 cm³/mol. The minimum atomic E-state index is -0.305. The van der Waals surface area contributed by atoms with Crippen molar-refractivity contribution in [1.82, 2.24) is 5.32 Å². The second-order valence-corrected chi connectivity index (χ2v) is 9.09. The van der Waals surface area contributed by atoms with E-state index in [0.717, 1.165) is 51.1 Å². The molecule has 0 spiro atoms. The normalized spacial score (nSPS) is 19.1. The number of rotatable bonds is 6. The van der Waals surface area contributed by atoms with Crippen molar-refractivity contribution < 1.29 is 14.3 Å². The Kier molecular flexibility index (Phi) is 7.33. The molecule has 1 unspecified atom stereocenters. The molecule has 7 heteroatoms. The predicted octanol–water partition coefficient (Wildman–Crippen LogP) is 4.74. The fourth-order valence-corrected chi connectivity index (χ4v) is 4.49. The molecule has 0 aromatic heterocycles. The summed E-state index contributed by atoms with van der Waals surface area (Å²) in [6, 6.07) is 12.4. The molecule has 4 rings (SSSR count). The van der Waals surface area contributed by atoms with Crippen molar-refractivity contribution in [1.29, 1.82) is 0 Å². The van der Waals surface area contributed by atoms with E-state index in [1.807, 2.05) is 12.1 Å². The number of carbonyl (C=O) groups excluding carboxylic acids is 2. The molecule has 2 saturated heterocycles. The fraction of sp³-hybridized carbons (Fsp3) is 0.440. The van der Waals surface area contributed by atoms with E-state index in [-0.39, 0.29) is 17.9 Å². The molecular weight excluding hydrogens is 426 g/mol. The summed E-state index contributed by atoms with van der Waals surface area (Å²) in [5.41, 5.74) is 2.42. The molecule has 2 aliphatic heterocycles. The summed E-state index contributed by atoms with van der Waals surface area (Å²) >= 11 is 6.17. The smallest absolute Gasteiger partial charge is 0.257 e. The molecule has 0 aliphatic carbocycles. The summed E-state index contributed by atoms with van der Waals surface area (Å²) in [7, 11) is 0. The van der Waals surface area contributed by atoms with Crippen LogP contribution in [0, 0.1) is 5.92 Å². The lowest BCUT2D eigenvalue weighted by molar-refractivity contribution is 0.0858. The number of hydrogen-bond donors (Lipinski definition) is 2. The SMILES string of the molecule is CC1CCN(c2ccc(NC(=O)c3ccccc3Cl)cc2C(=O)NCC2CCCO2)CC1. The number of benzene rings is 2. The summed E-state index contributed by atoms with van der Waals surface area (Å²) < 4.78 is 5.64. The van der Waals surface area contributed by atoms with E-state index in [0.29, 0.717) is 34.3 Å². The van der Waals surface area contributed by atoms with E-state index in [1.165, 1.54) is 0 Å². The highest BCUT2D eigenvalue weighted by molar-refractivity contribution is 6.34. The lowest BCUT2D eigenvalue weighted by Crippen LogP contribution is -2.36. The molecule has 170 valence electrons. The lowest BCUT2D eigenvalue weighted by atomic mass is 9.97. The van der Waals surface area contributed by atoms with Gasteiger partial charge in [-0.05, 0) is 61.9 Å². The summed E-state index contributed by atoms with van der Waals surface area (Å²) in [6.07, 6.45) is 4.26. The van der Waals surface area contributed by atoms with Crippen LogP contribution in [-0.4, -0.2) is 44.2 Å². The zero-order valence-electron chi connectivity index (χ0n) is 18.4. The van der Waals surface area contributed by atoms with Gasteiger partial charge in [0.1, 0.15) is 0 Å². The third kappa shape index (κ3) is 5.43. The maximum atomic E-state index is 13.2. The van der Waals surface area contributed by atoms with E-state index in [9.17, 15) is 9.59 Å². The first kappa shape index (κ1) is 22.6. The van der Waals surface area contributed by atoms with Crippen molar-refractivity contribution in [2.75, 3.05) is 36.5 Å². The van der Waals surface area contributed by atoms with Crippen LogP contribution < -0.4 is 15.5 Å². The maximum Gasteiger partial charge on any atom is 0.257 e. The van der Waals surface area contributed by atoms with Gasteiger partial charge in [0, 0.05) is 37.6 Å². The van der Waals surface area contributed by atoms with E-state index in [2.05, 4.69) is 22.5 Å². The van der Waals surface area contributed by atoms with Crippen molar-refractivity contribution >= 4 is 34.8 Å². The number of amides is 2. The first-order valence-electron chi connectivity index (χ1n) is 11.4. The quantitative estimate of drug-likeness (QED) is 0.660. The molecule has 2 aromatic carbocycles. The monoisotopic (exact) mass is 455 g/mol. The van der Waals surface area contributed by atoms with Gasteiger partial charge in [-0.25, -0.2) is 0 Å². The average molecular weight is 456 g/mol. The fourth-order valence-electron chi connectivity index (χ4n) is 4.27. The number of nitrogens with one attached hydrogen (secondary N) is 2. The van der Waals surface area contributed by atoms with Crippen molar-refractivity contribution in [3.8, 4) is 0 Å². The van der Waals surface area contributed by atoms with Crippen LogP contribution in [0.1, 0.15) is 53.3 Å². The molecule has 2 amide bonds. The van der Waals surface area contributed by atoms with Crippen molar-refractivity contribution in [3.05, 3.63) is 58.6 Å². The Balaban J connectivity index is 1.55. The average Bonchev–Trinajstić information content (AvgIpc) is 3.32. The summed E-state index contributed by atoms with van der Waals surface area (Å²) in [5, 5.41) is 6.30. The molecule has 2 N–H and O–H groups in total. The van der Waals surface area contributed by atoms with Crippen LogP contribution in [0.2, 0.25) is 5.02 Å². The van der Waals surface area contributed by atoms with Crippen molar-refractivity contribution in [3.63, 3.8) is 0 Å². The van der Waals surface area contributed by atoms with Gasteiger partial charge in [0.05, 0.1) is 22.3 Å². The largest absolute Gasteiger partial charge is 0.376 e. The minimum absolute atomic E-state index is 0.0707. The van der Waals surface area contributed by atoms with Gasteiger partial charge in [0.2, 0.25) is 0 Å². The Morgan fingerprint density at radius 1 is 1.06 bits per heavy atom. The minimum Gasteiger partial charge on any atom is -0.376 e. The third-order valence-corrected chi connectivity index (χ3v) is 6.59. The molecule has 2 aromatic rings. The second kappa shape index (κ2) is 10.4. The Morgan fingerprint density at radius 2 is 1.84 bits per heavy atom. The zero-order valence-corrected chi connectivity index (χ0v) is 19.2. The molecule has 1 atom stereocenters. The molecule has 32 heavy (non-hydrogen) atoms. The standard InChI is InChI=1S/C25H30ClN3O3/c1-17-10-12-29(13-11-17)23-9-8-18(28-25(31)20-6-2-3-7-22(20)26)15-21(23)24(30)27-16-19-5-4-14-32-19/h2-3,6-9,15,17,19H,4-5,10-14,16H2,1H3,(H,27,30)(H,28,31). The van der Waals surface area contributed by atoms with Crippen LogP contribution in [0.25, 0.3) is 0 Å². The highest BCUT2D eigenvalue weighted by Crippen LogP contribution is 2.29. The maximum absolute atomic E-state index is 13.2. The van der Waals surface area contributed by atoms with Gasteiger partial charge < -0.3 is 20.3 Å². The van der Waals surface area contributed by atoms with Gasteiger partial charge in [0.15, 0.2) is 0 Å². The van der Waals surface area contributed by atoms with Gasteiger partial charge in [-0.15, -0.1) is 0 Å². The summed E-state index contributed by atoms with van der Waals surface area (Å²) in [5.74, 6) is 0.237. The van der Waals surface area contributed by atoms with Crippen molar-refractivity contribution in [2.45, 2.75) is 38.7 Å². The lowest BCUT2D eigenvalue weighted by Gasteiger charge is -2.33. The van der Waals surface area contributed by atoms with Crippen LogP contribution >= 0.6 is 11.6 Å². The number of piperidine rings is 1. The number of halogens is 1. The van der Waals surface area contributed by atoms with Gasteiger partial charge in [-0.2, -0.15) is 0 Å². The summed E-state index contributed by atoms with van der Waals surface area (Å²) in [6.45, 7) is 5.34. The Hall–Kier alpha value is -2.57. The van der Waals surface area contributed by atoms with Gasteiger partial charge in [0.25, 0.3) is 11.8 Å². The first-order valence-corrected chi connectivity index (χ1v) is 11.7. The van der Waals surface area contributed by atoms with E-state index in [4.69, 9.17) is 16.3 Å². The Labute approximate surface area is 194 Å².